The Morgan fingerprint density at radius 1 is 1.15 bits per heavy atom. The summed E-state index contributed by atoms with van der Waals surface area (Å²) in [6.45, 7) is 3.70. The Morgan fingerprint density at radius 3 is 2.50 bits per heavy atom. The van der Waals surface area contributed by atoms with Gasteiger partial charge in [0.1, 0.15) is 11.6 Å². The zero-order valence-corrected chi connectivity index (χ0v) is 16.6. The van der Waals surface area contributed by atoms with Crippen molar-refractivity contribution in [1.82, 2.24) is 4.57 Å². The van der Waals surface area contributed by atoms with E-state index in [0.717, 1.165) is 21.5 Å². The van der Waals surface area contributed by atoms with Crippen LogP contribution in [0, 0.1) is 19.7 Å². The Kier molecular flexibility index (Phi) is 5.49. The first kappa shape index (κ1) is 18.7. The van der Waals surface area contributed by atoms with Crippen molar-refractivity contribution in [3.8, 4) is 11.4 Å². The van der Waals surface area contributed by atoms with Gasteiger partial charge in [-0.2, -0.15) is 0 Å². The highest BCUT2D eigenvalue weighted by atomic mass is 79.9. The number of hydrogen-bond acceptors (Lipinski definition) is 2. The zero-order chi connectivity index (χ0) is 18.8. The molecule has 3 nitrogen and oxygen atoms in total. The molecule has 0 saturated heterocycles. The summed E-state index contributed by atoms with van der Waals surface area (Å²) in [7, 11) is 0. The Hall–Kier alpha value is -2.11. The van der Waals surface area contributed by atoms with Crippen molar-refractivity contribution in [3.05, 3.63) is 80.8 Å². The first-order valence-corrected chi connectivity index (χ1v) is 9.10. The summed E-state index contributed by atoms with van der Waals surface area (Å²) in [6.07, 6.45) is 0. The van der Waals surface area contributed by atoms with E-state index in [1.807, 2.05) is 48.7 Å². The Bertz CT molecular complexity index is 967. The monoisotopic (exact) mass is 435 g/mol. The minimum Gasteiger partial charge on any atom is -0.485 e. The first-order chi connectivity index (χ1) is 12.4. The predicted molar refractivity (Wildman–Crippen MR) is 104 cm³/mol. The number of hydrogen-bond donors (Lipinski definition) is 0. The molecule has 0 fully saturated rings. The average Bonchev–Trinajstić information content (AvgIpc) is 2.91. The van der Waals surface area contributed by atoms with E-state index in [-0.39, 0.29) is 17.4 Å². The molecule has 1 aromatic heterocycles. The van der Waals surface area contributed by atoms with E-state index in [1.165, 1.54) is 18.2 Å². The fourth-order valence-electron chi connectivity index (χ4n) is 2.83. The highest BCUT2D eigenvalue weighted by molar-refractivity contribution is 9.10. The van der Waals surface area contributed by atoms with Crippen molar-refractivity contribution in [3.63, 3.8) is 0 Å². The lowest BCUT2D eigenvalue weighted by molar-refractivity contribution is 0.0921. The molecular weight excluding hydrogens is 421 g/mol. The number of ketones is 1. The van der Waals surface area contributed by atoms with Crippen LogP contribution in [0.5, 0.6) is 5.75 Å². The van der Waals surface area contributed by atoms with Crippen LogP contribution in [0.3, 0.4) is 0 Å². The van der Waals surface area contributed by atoms with E-state index >= 15 is 0 Å². The van der Waals surface area contributed by atoms with Crippen LogP contribution in [0.2, 0.25) is 5.02 Å². The molecule has 0 amide bonds. The lowest BCUT2D eigenvalue weighted by atomic mass is 10.1. The number of ether oxygens (including phenoxy) is 1. The number of aromatic nitrogens is 1. The molecule has 0 aliphatic carbocycles. The van der Waals surface area contributed by atoms with Crippen LogP contribution in [0.25, 0.3) is 5.69 Å². The van der Waals surface area contributed by atoms with E-state index in [0.29, 0.717) is 11.3 Å². The number of halogens is 3. The normalized spacial score (nSPS) is 10.8. The van der Waals surface area contributed by atoms with Crippen LogP contribution in [-0.2, 0) is 0 Å². The number of carbonyl (C=O) groups excluding carboxylic acids is 1. The Labute approximate surface area is 164 Å². The molecular formula is C20H16BrClFNO2. The smallest absolute Gasteiger partial charge is 0.202 e. The summed E-state index contributed by atoms with van der Waals surface area (Å²) in [6, 6.07) is 13.7. The maximum Gasteiger partial charge on any atom is 0.202 e. The van der Waals surface area contributed by atoms with Crippen molar-refractivity contribution in [2.75, 3.05) is 6.61 Å². The van der Waals surface area contributed by atoms with E-state index < -0.39 is 5.82 Å². The maximum absolute atomic E-state index is 13.2. The Morgan fingerprint density at radius 2 is 1.85 bits per heavy atom. The van der Waals surface area contributed by atoms with E-state index in [1.54, 1.807) is 0 Å². The molecule has 0 spiro atoms. The SMILES string of the molecule is Cc1cc(C(=O)COc2ccc(F)c(Cl)c2)c(C)n1-c1ccc(Br)cc1. The number of benzene rings is 2. The molecule has 134 valence electrons. The molecule has 0 aliphatic rings. The fraction of sp³-hybridized carbons (Fsp3) is 0.150. The zero-order valence-electron chi connectivity index (χ0n) is 14.2. The average molecular weight is 437 g/mol. The van der Waals surface area contributed by atoms with Gasteiger partial charge in [0.05, 0.1) is 5.02 Å². The molecule has 0 radical (unpaired) electrons. The number of aryl methyl sites for hydroxylation is 1. The third-order valence-corrected chi connectivity index (χ3v) is 4.90. The van der Waals surface area contributed by atoms with Gasteiger partial charge in [0, 0.05) is 33.2 Å². The third-order valence-electron chi connectivity index (χ3n) is 4.08. The van der Waals surface area contributed by atoms with Crippen molar-refractivity contribution >= 4 is 33.3 Å². The van der Waals surface area contributed by atoms with Gasteiger partial charge in [-0.25, -0.2) is 4.39 Å². The lowest BCUT2D eigenvalue weighted by Crippen LogP contribution is -2.12. The molecule has 0 N–H and O–H groups in total. The predicted octanol–water partition coefficient (Wildman–Crippen LogP) is 5.91. The third kappa shape index (κ3) is 3.84. The second-order valence-corrected chi connectivity index (χ2v) is 7.21. The van der Waals surface area contributed by atoms with Gasteiger partial charge >= 0.3 is 0 Å². The topological polar surface area (TPSA) is 31.2 Å². The van der Waals surface area contributed by atoms with Gasteiger partial charge in [0.2, 0.25) is 5.78 Å². The second kappa shape index (κ2) is 7.64. The maximum atomic E-state index is 13.2. The van der Waals surface area contributed by atoms with Gasteiger partial charge < -0.3 is 9.30 Å². The molecule has 0 unspecified atom stereocenters. The van der Waals surface area contributed by atoms with Crippen LogP contribution in [0.1, 0.15) is 21.7 Å². The highest BCUT2D eigenvalue weighted by Crippen LogP contribution is 2.24. The van der Waals surface area contributed by atoms with Gasteiger partial charge in [0.25, 0.3) is 0 Å². The van der Waals surface area contributed by atoms with Gasteiger partial charge in [-0.1, -0.05) is 27.5 Å². The van der Waals surface area contributed by atoms with Gasteiger partial charge in [-0.3, -0.25) is 4.79 Å². The molecule has 0 bridgehead atoms. The summed E-state index contributed by atoms with van der Waals surface area (Å²) in [4.78, 5) is 12.6. The van der Waals surface area contributed by atoms with Crippen molar-refractivity contribution < 1.29 is 13.9 Å². The number of rotatable bonds is 5. The summed E-state index contributed by atoms with van der Waals surface area (Å²) < 4.78 is 21.7. The van der Waals surface area contributed by atoms with Crippen LogP contribution in [0.4, 0.5) is 4.39 Å². The highest BCUT2D eigenvalue weighted by Gasteiger charge is 2.17. The summed E-state index contributed by atoms with van der Waals surface area (Å²) in [5.41, 5.74) is 3.38. The first-order valence-electron chi connectivity index (χ1n) is 7.92. The fourth-order valence-corrected chi connectivity index (χ4v) is 3.26. The van der Waals surface area contributed by atoms with Crippen LogP contribution >= 0.6 is 27.5 Å². The molecule has 1 heterocycles. The van der Waals surface area contributed by atoms with E-state index in [9.17, 15) is 9.18 Å². The van der Waals surface area contributed by atoms with Crippen molar-refractivity contribution in [2.24, 2.45) is 0 Å². The second-order valence-electron chi connectivity index (χ2n) is 5.88. The summed E-state index contributed by atoms with van der Waals surface area (Å²) >= 11 is 9.15. The molecule has 2 aromatic carbocycles. The minimum atomic E-state index is -0.525. The number of carbonyl (C=O) groups is 1. The molecule has 0 atom stereocenters. The number of nitrogens with zero attached hydrogens (tertiary/aromatic N) is 1. The van der Waals surface area contributed by atoms with E-state index in [4.69, 9.17) is 16.3 Å². The standard InChI is InChI=1S/C20H16BrClFNO2/c1-12-9-17(13(2)24(12)15-5-3-14(21)4-6-15)20(25)11-26-16-7-8-19(23)18(22)10-16/h3-10H,11H2,1-2H3. The molecule has 26 heavy (non-hydrogen) atoms. The van der Waals surface area contributed by atoms with Crippen LogP contribution < -0.4 is 4.74 Å². The van der Waals surface area contributed by atoms with Gasteiger partial charge in [0.15, 0.2) is 6.61 Å². The van der Waals surface area contributed by atoms with Crippen LogP contribution in [-0.4, -0.2) is 17.0 Å². The molecule has 0 aliphatic heterocycles. The number of Topliss-reactive ketones (excluding diaryl/α,β-unsaturated/α-hetero) is 1. The molecule has 3 aromatic rings. The molecule has 0 saturated carbocycles. The summed E-state index contributed by atoms with van der Waals surface area (Å²) in [5.74, 6) is -0.322. The Balaban J connectivity index is 1.80. The van der Waals surface area contributed by atoms with E-state index in [2.05, 4.69) is 15.9 Å². The summed E-state index contributed by atoms with van der Waals surface area (Å²) in [5, 5.41) is -0.0386. The molecule has 3 rings (SSSR count). The van der Waals surface area contributed by atoms with Gasteiger partial charge in [-0.05, 0) is 56.3 Å². The minimum absolute atomic E-state index is 0.0386. The van der Waals surface area contributed by atoms with Crippen LogP contribution in [0.15, 0.2) is 53.0 Å². The van der Waals surface area contributed by atoms with Crippen molar-refractivity contribution in [2.45, 2.75) is 13.8 Å². The molecule has 6 heteroatoms. The van der Waals surface area contributed by atoms with Gasteiger partial charge in [-0.15, -0.1) is 0 Å². The lowest BCUT2D eigenvalue weighted by Gasteiger charge is -2.10. The quantitative estimate of drug-likeness (QED) is 0.466. The largest absolute Gasteiger partial charge is 0.485 e. The van der Waals surface area contributed by atoms with Crippen molar-refractivity contribution in [1.29, 1.82) is 0 Å².